The lowest BCUT2D eigenvalue weighted by atomic mass is 10.0. The van der Waals surface area contributed by atoms with Gasteiger partial charge in [0.1, 0.15) is 11.8 Å². The number of hydrogen-bond donors (Lipinski definition) is 2. The minimum Gasteiger partial charge on any atom is -0.493 e. The second kappa shape index (κ2) is 11.4. The minimum absolute atomic E-state index is 0.0927. The van der Waals surface area contributed by atoms with Crippen molar-refractivity contribution in [3.63, 3.8) is 0 Å². The molecule has 1 amide bonds. The number of carbonyl (C=O) groups excluding carboxylic acids is 1. The van der Waals surface area contributed by atoms with E-state index in [-0.39, 0.29) is 10.8 Å². The molecule has 0 aliphatic heterocycles. The molecule has 0 aromatic heterocycles. The molecule has 0 heterocycles. The van der Waals surface area contributed by atoms with E-state index in [1.165, 1.54) is 18.3 Å². The number of ether oxygens (including phenoxy) is 1. The van der Waals surface area contributed by atoms with E-state index in [0.717, 1.165) is 10.0 Å². The Balaban J connectivity index is 2.16. The van der Waals surface area contributed by atoms with Crippen LogP contribution >= 0.6 is 15.9 Å². The summed E-state index contributed by atoms with van der Waals surface area (Å²) in [5.74, 6) is 0.186. The van der Waals surface area contributed by atoms with Gasteiger partial charge in [-0.25, -0.2) is 13.8 Å². The highest BCUT2D eigenvalue weighted by molar-refractivity contribution is 9.10. The number of nitrogens with one attached hydrogen (secondary N) is 2. The second-order valence-electron chi connectivity index (χ2n) is 7.47. The van der Waals surface area contributed by atoms with E-state index in [9.17, 15) is 13.2 Å². The number of aryl methyl sites for hydroxylation is 1. The van der Waals surface area contributed by atoms with Crippen LogP contribution in [0.25, 0.3) is 0 Å². The summed E-state index contributed by atoms with van der Waals surface area (Å²) in [4.78, 5) is 12.8. The predicted octanol–water partition coefficient (Wildman–Crippen LogP) is 4.00. The molecule has 168 valence electrons. The van der Waals surface area contributed by atoms with Crippen molar-refractivity contribution in [1.82, 2.24) is 10.1 Å². The van der Waals surface area contributed by atoms with Crippen LogP contribution in [-0.2, 0) is 14.8 Å². The van der Waals surface area contributed by atoms with Crippen molar-refractivity contribution in [2.75, 3.05) is 6.61 Å². The van der Waals surface area contributed by atoms with Gasteiger partial charge in [0.15, 0.2) is 0 Å². The van der Waals surface area contributed by atoms with Crippen molar-refractivity contribution >= 4 is 38.1 Å². The molecule has 7 nitrogen and oxygen atoms in total. The van der Waals surface area contributed by atoms with Gasteiger partial charge in [-0.05, 0) is 56.5 Å². The van der Waals surface area contributed by atoms with Gasteiger partial charge in [0.05, 0.1) is 17.7 Å². The Morgan fingerprint density at radius 2 is 1.87 bits per heavy atom. The first kappa shape index (κ1) is 25.0. The number of sulfonamides is 1. The molecule has 1 atom stereocenters. The summed E-state index contributed by atoms with van der Waals surface area (Å²) in [5, 5.41) is 4.01. The molecule has 0 spiro atoms. The van der Waals surface area contributed by atoms with E-state index in [2.05, 4.69) is 31.2 Å². The average molecular weight is 510 g/mol. The van der Waals surface area contributed by atoms with Crippen LogP contribution in [-0.4, -0.2) is 33.2 Å². The van der Waals surface area contributed by atoms with Crippen molar-refractivity contribution in [2.45, 2.75) is 45.1 Å². The Labute approximate surface area is 192 Å². The molecule has 9 heteroatoms. The first-order chi connectivity index (χ1) is 14.6. The highest BCUT2D eigenvalue weighted by Gasteiger charge is 2.26. The molecule has 0 saturated carbocycles. The zero-order valence-corrected chi connectivity index (χ0v) is 20.5. The van der Waals surface area contributed by atoms with E-state index >= 15 is 0 Å². The average Bonchev–Trinajstić information content (AvgIpc) is 2.69. The number of hydrazone groups is 1. The standard InChI is InChI=1S/C22H28BrN3O4S/c1-5-30-21-11-8-18(23)13-17(21)14-24-25-22(27)20(12-15(2)3)26-31(28,29)19-9-6-16(4)7-10-19/h6-11,13-15,20,26H,5,12H2,1-4H3,(H,25,27)/b24-14-/t20-/m0/s1. The zero-order valence-electron chi connectivity index (χ0n) is 18.1. The summed E-state index contributed by atoms with van der Waals surface area (Å²) in [6, 6.07) is 11.0. The Bertz CT molecular complexity index is 1020. The predicted molar refractivity (Wildman–Crippen MR) is 126 cm³/mol. The maximum Gasteiger partial charge on any atom is 0.258 e. The van der Waals surface area contributed by atoms with Crippen LogP contribution in [0.1, 0.15) is 38.3 Å². The zero-order chi connectivity index (χ0) is 23.0. The lowest BCUT2D eigenvalue weighted by Gasteiger charge is -2.19. The molecule has 0 saturated heterocycles. The van der Waals surface area contributed by atoms with Crippen molar-refractivity contribution < 1.29 is 17.9 Å². The van der Waals surface area contributed by atoms with Crippen LogP contribution in [0, 0.1) is 12.8 Å². The van der Waals surface area contributed by atoms with Gasteiger partial charge in [0.25, 0.3) is 5.91 Å². The van der Waals surface area contributed by atoms with Crippen LogP contribution in [0.5, 0.6) is 5.75 Å². The molecule has 2 N–H and O–H groups in total. The van der Waals surface area contributed by atoms with Gasteiger partial charge in [0, 0.05) is 10.0 Å². The topological polar surface area (TPSA) is 96.9 Å². The van der Waals surface area contributed by atoms with Gasteiger partial charge in [-0.1, -0.05) is 47.5 Å². The van der Waals surface area contributed by atoms with Crippen molar-refractivity contribution in [3.05, 3.63) is 58.1 Å². The van der Waals surface area contributed by atoms with Gasteiger partial charge in [0.2, 0.25) is 10.0 Å². The van der Waals surface area contributed by atoms with Gasteiger partial charge in [-0.2, -0.15) is 9.82 Å². The Hall–Kier alpha value is -2.23. The van der Waals surface area contributed by atoms with E-state index < -0.39 is 22.0 Å². The molecule has 2 aromatic carbocycles. The van der Waals surface area contributed by atoms with Gasteiger partial charge in [-0.15, -0.1) is 0 Å². The molecule has 0 radical (unpaired) electrons. The van der Waals surface area contributed by atoms with Gasteiger partial charge in [-0.3, -0.25) is 4.79 Å². The number of rotatable bonds is 10. The summed E-state index contributed by atoms with van der Waals surface area (Å²) < 4.78 is 34.4. The van der Waals surface area contributed by atoms with Crippen molar-refractivity contribution in [3.8, 4) is 5.75 Å². The fraction of sp³-hybridized carbons (Fsp3) is 0.364. The number of nitrogens with zero attached hydrogens (tertiary/aromatic N) is 1. The molecule has 2 rings (SSSR count). The fourth-order valence-electron chi connectivity index (χ4n) is 2.80. The van der Waals surface area contributed by atoms with Crippen LogP contribution in [0.4, 0.5) is 0 Å². The van der Waals surface area contributed by atoms with Crippen LogP contribution in [0.2, 0.25) is 0 Å². The van der Waals surface area contributed by atoms with Crippen LogP contribution < -0.4 is 14.9 Å². The van der Waals surface area contributed by atoms with E-state index in [0.29, 0.717) is 24.3 Å². The second-order valence-corrected chi connectivity index (χ2v) is 10.1. The van der Waals surface area contributed by atoms with E-state index in [4.69, 9.17) is 4.74 Å². The first-order valence-corrected chi connectivity index (χ1v) is 12.2. The Morgan fingerprint density at radius 3 is 2.48 bits per heavy atom. The summed E-state index contributed by atoms with van der Waals surface area (Å²) in [5.41, 5.74) is 4.07. The molecule has 2 aromatic rings. The lowest BCUT2D eigenvalue weighted by Crippen LogP contribution is -2.46. The molecular weight excluding hydrogens is 482 g/mol. The third-order valence-electron chi connectivity index (χ3n) is 4.30. The smallest absolute Gasteiger partial charge is 0.258 e. The number of amides is 1. The third kappa shape index (κ3) is 7.75. The number of carbonyl (C=O) groups is 1. The summed E-state index contributed by atoms with van der Waals surface area (Å²) in [6.45, 7) is 8.08. The van der Waals surface area contributed by atoms with Gasteiger partial charge >= 0.3 is 0 Å². The third-order valence-corrected chi connectivity index (χ3v) is 6.28. The number of benzene rings is 2. The van der Waals surface area contributed by atoms with Crippen molar-refractivity contribution in [1.29, 1.82) is 0 Å². The number of hydrogen-bond acceptors (Lipinski definition) is 5. The maximum atomic E-state index is 12.7. The Kier molecular flexibility index (Phi) is 9.21. The fourth-order valence-corrected chi connectivity index (χ4v) is 4.39. The summed E-state index contributed by atoms with van der Waals surface area (Å²) in [7, 11) is -3.85. The summed E-state index contributed by atoms with van der Waals surface area (Å²) >= 11 is 3.40. The molecule has 0 unspecified atom stereocenters. The monoisotopic (exact) mass is 509 g/mol. The maximum absolute atomic E-state index is 12.7. The van der Waals surface area contributed by atoms with Crippen LogP contribution in [0.15, 0.2) is 56.9 Å². The molecule has 31 heavy (non-hydrogen) atoms. The Morgan fingerprint density at radius 1 is 1.19 bits per heavy atom. The normalized spacial score (nSPS) is 12.8. The van der Waals surface area contributed by atoms with Crippen molar-refractivity contribution in [2.24, 2.45) is 11.0 Å². The highest BCUT2D eigenvalue weighted by atomic mass is 79.9. The van der Waals surface area contributed by atoms with Crippen LogP contribution in [0.3, 0.4) is 0 Å². The quantitative estimate of drug-likeness (QED) is 0.373. The molecular formula is C22H28BrN3O4S. The first-order valence-electron chi connectivity index (χ1n) is 9.96. The minimum atomic E-state index is -3.85. The molecule has 0 aliphatic carbocycles. The molecule has 0 bridgehead atoms. The molecule has 0 aliphatic rings. The lowest BCUT2D eigenvalue weighted by molar-refractivity contribution is -0.123. The molecule has 0 fully saturated rings. The van der Waals surface area contributed by atoms with Gasteiger partial charge < -0.3 is 4.74 Å². The highest BCUT2D eigenvalue weighted by Crippen LogP contribution is 2.21. The SMILES string of the molecule is CCOc1ccc(Br)cc1/C=N\NC(=O)[C@H](CC(C)C)NS(=O)(=O)c1ccc(C)cc1. The van der Waals surface area contributed by atoms with E-state index in [1.807, 2.05) is 39.8 Å². The largest absolute Gasteiger partial charge is 0.493 e. The van der Waals surface area contributed by atoms with E-state index in [1.54, 1.807) is 18.2 Å². The summed E-state index contributed by atoms with van der Waals surface area (Å²) in [6.07, 6.45) is 1.79. The number of halogens is 1.